The molecule has 2 N–H and O–H groups in total. The first kappa shape index (κ1) is 14.2. The summed E-state index contributed by atoms with van der Waals surface area (Å²) in [6.07, 6.45) is 1.56. The van der Waals surface area contributed by atoms with Crippen molar-refractivity contribution in [1.29, 1.82) is 0 Å². The van der Waals surface area contributed by atoms with Crippen LogP contribution in [0, 0.1) is 10.1 Å². The summed E-state index contributed by atoms with van der Waals surface area (Å²) in [5, 5.41) is 10.7. The van der Waals surface area contributed by atoms with E-state index in [1.54, 1.807) is 0 Å². The highest BCUT2D eigenvalue weighted by Gasteiger charge is 2.42. The van der Waals surface area contributed by atoms with Gasteiger partial charge < -0.3 is 5.73 Å². The zero-order valence-electron chi connectivity index (χ0n) is 10.6. The number of anilines is 1. The summed E-state index contributed by atoms with van der Waals surface area (Å²) in [5.74, 6) is 0. The molecule has 106 valence electrons. The van der Waals surface area contributed by atoms with E-state index in [-0.39, 0.29) is 14.9 Å². The van der Waals surface area contributed by atoms with Crippen molar-refractivity contribution in [1.82, 2.24) is 4.31 Å². The van der Waals surface area contributed by atoms with E-state index in [4.69, 9.17) is 5.73 Å². The van der Waals surface area contributed by atoms with Crippen LogP contribution < -0.4 is 5.73 Å². The molecule has 0 atom stereocenters. The van der Waals surface area contributed by atoms with Gasteiger partial charge in [-0.05, 0) is 26.7 Å². The van der Waals surface area contributed by atoms with Crippen LogP contribution in [0.3, 0.4) is 0 Å². The minimum Gasteiger partial charge on any atom is -0.385 e. The molecule has 1 aromatic rings. The highest BCUT2D eigenvalue weighted by molar-refractivity contribution is 7.91. The van der Waals surface area contributed by atoms with Gasteiger partial charge in [-0.2, -0.15) is 4.31 Å². The molecular weight excluding hydrogens is 290 g/mol. The summed E-state index contributed by atoms with van der Waals surface area (Å²) in [4.78, 5) is 10.1. The highest BCUT2D eigenvalue weighted by Crippen LogP contribution is 2.40. The Hall–Kier alpha value is -1.19. The summed E-state index contributed by atoms with van der Waals surface area (Å²) in [5.41, 5.74) is 4.69. The Kier molecular flexibility index (Phi) is 3.31. The van der Waals surface area contributed by atoms with Gasteiger partial charge in [0.2, 0.25) is 0 Å². The molecule has 1 aromatic heterocycles. The molecule has 0 spiro atoms. The Balaban J connectivity index is 2.46. The summed E-state index contributed by atoms with van der Waals surface area (Å²) in [7, 11) is -3.71. The van der Waals surface area contributed by atoms with Gasteiger partial charge in [0, 0.05) is 18.2 Å². The van der Waals surface area contributed by atoms with Crippen molar-refractivity contribution in [2.45, 2.75) is 36.4 Å². The molecule has 0 amide bonds. The molecule has 1 aliphatic rings. The van der Waals surface area contributed by atoms with E-state index in [9.17, 15) is 18.5 Å². The van der Waals surface area contributed by atoms with Gasteiger partial charge in [-0.25, -0.2) is 8.42 Å². The molecule has 1 aliphatic heterocycles. The quantitative estimate of drug-likeness (QED) is 0.677. The Morgan fingerprint density at radius 1 is 1.53 bits per heavy atom. The van der Waals surface area contributed by atoms with Gasteiger partial charge in [-0.15, -0.1) is 0 Å². The Morgan fingerprint density at radius 2 is 2.16 bits per heavy atom. The molecule has 0 bridgehead atoms. The average Bonchev–Trinajstić information content (AvgIpc) is 2.81. The topological polar surface area (TPSA) is 107 Å². The number of nitrogen functional groups attached to an aromatic ring is 1. The molecule has 2 rings (SSSR count). The van der Waals surface area contributed by atoms with Crippen LogP contribution in [0.1, 0.15) is 26.7 Å². The molecule has 19 heavy (non-hydrogen) atoms. The summed E-state index contributed by atoms with van der Waals surface area (Å²) >= 11 is 0.744. The third-order valence-corrected chi connectivity index (χ3v) is 6.80. The fourth-order valence-electron chi connectivity index (χ4n) is 2.28. The van der Waals surface area contributed by atoms with Crippen LogP contribution in [0.15, 0.2) is 10.3 Å². The SMILES string of the molecule is CC1(C)CCCN1S(=O)(=O)c1cc([N+](=O)[O-])c(N)s1. The van der Waals surface area contributed by atoms with Crippen molar-refractivity contribution < 1.29 is 13.3 Å². The van der Waals surface area contributed by atoms with Gasteiger partial charge in [0.1, 0.15) is 4.21 Å². The third-order valence-electron chi connectivity index (χ3n) is 3.28. The fraction of sp³-hybridized carbons (Fsp3) is 0.600. The fourth-order valence-corrected chi connectivity index (χ4v) is 5.45. The lowest BCUT2D eigenvalue weighted by molar-refractivity contribution is -0.383. The molecule has 0 saturated carbocycles. The van der Waals surface area contributed by atoms with Crippen LogP contribution >= 0.6 is 11.3 Å². The zero-order chi connectivity index (χ0) is 14.4. The number of nitrogens with zero attached hydrogens (tertiary/aromatic N) is 2. The first-order valence-corrected chi connectivity index (χ1v) is 7.98. The summed E-state index contributed by atoms with van der Waals surface area (Å²) in [6.45, 7) is 4.13. The second-order valence-corrected chi connectivity index (χ2v) is 8.24. The van der Waals surface area contributed by atoms with Crippen molar-refractivity contribution in [3.8, 4) is 0 Å². The molecule has 0 aromatic carbocycles. The number of sulfonamides is 1. The maximum atomic E-state index is 12.5. The Labute approximate surface area is 115 Å². The normalized spacial score (nSPS) is 19.7. The molecule has 0 radical (unpaired) electrons. The van der Waals surface area contributed by atoms with E-state index in [0.717, 1.165) is 30.2 Å². The van der Waals surface area contributed by atoms with Crippen LogP contribution in [0.5, 0.6) is 0 Å². The van der Waals surface area contributed by atoms with Gasteiger partial charge >= 0.3 is 5.69 Å². The van der Waals surface area contributed by atoms with Crippen molar-refractivity contribution >= 4 is 32.0 Å². The lowest BCUT2D eigenvalue weighted by atomic mass is 10.0. The van der Waals surface area contributed by atoms with Crippen molar-refractivity contribution in [2.24, 2.45) is 0 Å². The molecule has 2 heterocycles. The second kappa shape index (κ2) is 4.43. The van der Waals surface area contributed by atoms with Crippen LogP contribution in [0.25, 0.3) is 0 Å². The molecule has 0 unspecified atom stereocenters. The number of hydrogen-bond acceptors (Lipinski definition) is 6. The predicted molar refractivity (Wildman–Crippen MR) is 72.6 cm³/mol. The monoisotopic (exact) mass is 305 g/mol. The van der Waals surface area contributed by atoms with Crippen LogP contribution in [0.4, 0.5) is 10.7 Å². The lowest BCUT2D eigenvalue weighted by Gasteiger charge is -2.29. The Bertz CT molecular complexity index is 621. The molecular formula is C10H15N3O4S2. The first-order chi connectivity index (χ1) is 8.66. The minimum atomic E-state index is -3.71. The van der Waals surface area contributed by atoms with Gasteiger partial charge in [0.15, 0.2) is 5.00 Å². The standard InChI is InChI=1S/C10H15N3O4S2/c1-10(2)4-3-5-12(10)19(16,17)8-6-7(13(14)15)9(11)18-8/h6H,3-5,11H2,1-2H3. The van der Waals surface area contributed by atoms with Crippen molar-refractivity contribution in [2.75, 3.05) is 12.3 Å². The van der Waals surface area contributed by atoms with Crippen LogP contribution in [-0.2, 0) is 10.0 Å². The molecule has 0 aliphatic carbocycles. The molecule has 1 saturated heterocycles. The maximum Gasteiger partial charge on any atom is 0.304 e. The van der Waals surface area contributed by atoms with Crippen LogP contribution in [-0.4, -0.2) is 29.7 Å². The molecule has 1 fully saturated rings. The lowest BCUT2D eigenvalue weighted by Crippen LogP contribution is -2.42. The largest absolute Gasteiger partial charge is 0.385 e. The summed E-state index contributed by atoms with van der Waals surface area (Å²) in [6, 6.07) is 1.05. The second-order valence-electron chi connectivity index (χ2n) is 5.07. The predicted octanol–water partition coefficient (Wildman–Crippen LogP) is 1.80. The molecule has 7 nitrogen and oxygen atoms in total. The highest BCUT2D eigenvalue weighted by atomic mass is 32.2. The van der Waals surface area contributed by atoms with Crippen LogP contribution in [0.2, 0.25) is 0 Å². The number of rotatable bonds is 3. The van der Waals surface area contributed by atoms with Crippen molar-refractivity contribution in [3.63, 3.8) is 0 Å². The maximum absolute atomic E-state index is 12.5. The minimum absolute atomic E-state index is 0.0633. The van der Waals surface area contributed by atoms with E-state index in [0.29, 0.717) is 6.54 Å². The third kappa shape index (κ3) is 2.33. The number of hydrogen-bond donors (Lipinski definition) is 1. The van der Waals surface area contributed by atoms with E-state index in [2.05, 4.69) is 0 Å². The van der Waals surface area contributed by atoms with Gasteiger partial charge in [0.05, 0.1) is 4.92 Å². The van der Waals surface area contributed by atoms with E-state index in [1.165, 1.54) is 4.31 Å². The molecule has 9 heteroatoms. The zero-order valence-corrected chi connectivity index (χ0v) is 12.3. The Morgan fingerprint density at radius 3 is 2.58 bits per heavy atom. The van der Waals surface area contributed by atoms with Gasteiger partial charge in [-0.3, -0.25) is 10.1 Å². The van der Waals surface area contributed by atoms with Crippen molar-refractivity contribution in [3.05, 3.63) is 16.2 Å². The van der Waals surface area contributed by atoms with Gasteiger partial charge in [0.25, 0.3) is 10.0 Å². The number of nitrogens with two attached hydrogens (primary N) is 1. The van der Waals surface area contributed by atoms with E-state index in [1.807, 2.05) is 13.8 Å². The van der Waals surface area contributed by atoms with Gasteiger partial charge in [-0.1, -0.05) is 11.3 Å². The number of nitro groups is 1. The average molecular weight is 305 g/mol. The summed E-state index contributed by atoms with van der Waals surface area (Å²) < 4.78 is 26.3. The van der Waals surface area contributed by atoms with E-state index >= 15 is 0 Å². The smallest absolute Gasteiger partial charge is 0.304 e. The van der Waals surface area contributed by atoms with E-state index < -0.39 is 20.5 Å². The number of thiophene rings is 1. The first-order valence-electron chi connectivity index (χ1n) is 5.73.